The van der Waals surface area contributed by atoms with Gasteiger partial charge in [0, 0.05) is 5.41 Å². The van der Waals surface area contributed by atoms with Crippen LogP contribution in [0.2, 0.25) is 0 Å². The molecule has 0 aromatic carbocycles. The highest BCUT2D eigenvalue weighted by Crippen LogP contribution is 2.64. The third kappa shape index (κ3) is 0.953. The maximum atomic E-state index is 5.29. The van der Waals surface area contributed by atoms with E-state index in [9.17, 15) is 0 Å². The van der Waals surface area contributed by atoms with Crippen molar-refractivity contribution in [2.24, 2.45) is 16.2 Å². The molecule has 1 saturated heterocycles. The molecular formula is C11H20O. The van der Waals surface area contributed by atoms with E-state index in [4.69, 9.17) is 4.74 Å². The maximum absolute atomic E-state index is 5.29. The van der Waals surface area contributed by atoms with Crippen molar-refractivity contribution >= 4 is 0 Å². The lowest BCUT2D eigenvalue weighted by Gasteiger charge is -2.64. The maximum Gasteiger partial charge on any atom is 0.0545 e. The van der Waals surface area contributed by atoms with Crippen LogP contribution in [0.3, 0.4) is 0 Å². The molecule has 2 aliphatic rings. The summed E-state index contributed by atoms with van der Waals surface area (Å²) in [4.78, 5) is 0. The summed E-state index contributed by atoms with van der Waals surface area (Å²) >= 11 is 0. The van der Waals surface area contributed by atoms with E-state index in [-0.39, 0.29) is 0 Å². The second kappa shape index (κ2) is 2.06. The summed E-state index contributed by atoms with van der Waals surface area (Å²) in [6.45, 7) is 11.6. The number of rotatable bonds is 0. The van der Waals surface area contributed by atoms with Gasteiger partial charge in [0.1, 0.15) is 0 Å². The standard InChI is InChI=1S/C11H20O/c1-9(2,3)10(4)5-11(6-10)7-12-8-11/h5-8H2,1-4H3. The van der Waals surface area contributed by atoms with E-state index in [1.54, 1.807) is 0 Å². The van der Waals surface area contributed by atoms with E-state index in [0.29, 0.717) is 16.2 Å². The van der Waals surface area contributed by atoms with Crippen LogP contribution in [0.15, 0.2) is 0 Å². The van der Waals surface area contributed by atoms with Crippen LogP contribution < -0.4 is 0 Å². The molecule has 70 valence electrons. The Morgan fingerprint density at radius 3 is 1.83 bits per heavy atom. The van der Waals surface area contributed by atoms with Crippen LogP contribution in [0.4, 0.5) is 0 Å². The zero-order valence-corrected chi connectivity index (χ0v) is 8.74. The summed E-state index contributed by atoms with van der Waals surface area (Å²) in [5.74, 6) is 0. The highest BCUT2D eigenvalue weighted by molar-refractivity contribution is 5.08. The quantitative estimate of drug-likeness (QED) is 0.540. The number of ether oxygens (including phenoxy) is 1. The van der Waals surface area contributed by atoms with E-state index in [2.05, 4.69) is 27.7 Å². The molecule has 1 heteroatoms. The van der Waals surface area contributed by atoms with Crippen LogP contribution in [0.25, 0.3) is 0 Å². The van der Waals surface area contributed by atoms with Crippen LogP contribution in [0.1, 0.15) is 40.5 Å². The summed E-state index contributed by atoms with van der Waals surface area (Å²) in [5, 5.41) is 0. The van der Waals surface area contributed by atoms with E-state index in [1.807, 2.05) is 0 Å². The van der Waals surface area contributed by atoms with Crippen molar-refractivity contribution in [1.82, 2.24) is 0 Å². The molecule has 1 spiro atoms. The Labute approximate surface area is 75.5 Å². The minimum absolute atomic E-state index is 0.466. The van der Waals surface area contributed by atoms with Gasteiger partial charge in [0.2, 0.25) is 0 Å². The zero-order chi connectivity index (χ0) is 9.04. The molecule has 0 radical (unpaired) electrons. The molecule has 1 saturated carbocycles. The molecule has 1 nitrogen and oxygen atoms in total. The Hall–Kier alpha value is -0.0400. The molecule has 1 heterocycles. The molecule has 12 heavy (non-hydrogen) atoms. The average molecular weight is 168 g/mol. The summed E-state index contributed by atoms with van der Waals surface area (Å²) in [5.41, 5.74) is 1.65. The highest BCUT2D eigenvalue weighted by Gasteiger charge is 2.59. The monoisotopic (exact) mass is 168 g/mol. The van der Waals surface area contributed by atoms with Crippen LogP contribution in [0, 0.1) is 16.2 Å². The molecule has 1 aliphatic heterocycles. The molecule has 0 amide bonds. The summed E-state index contributed by atoms with van der Waals surface area (Å²) in [6, 6.07) is 0. The minimum Gasteiger partial charge on any atom is -0.380 e. The van der Waals surface area contributed by atoms with Crippen LogP contribution in [-0.4, -0.2) is 13.2 Å². The normalized spacial score (nSPS) is 31.0. The molecular weight excluding hydrogens is 148 g/mol. The summed E-state index contributed by atoms with van der Waals surface area (Å²) in [6.07, 6.45) is 2.76. The molecule has 0 unspecified atom stereocenters. The first kappa shape index (κ1) is 8.55. The lowest BCUT2D eigenvalue weighted by molar-refractivity contribution is -0.232. The number of hydrogen-bond acceptors (Lipinski definition) is 1. The molecule has 1 aliphatic carbocycles. The average Bonchev–Trinajstić information content (AvgIpc) is 1.73. The van der Waals surface area contributed by atoms with Crippen LogP contribution in [-0.2, 0) is 4.74 Å². The predicted molar refractivity (Wildman–Crippen MR) is 50.0 cm³/mol. The Balaban J connectivity index is 2.01. The van der Waals surface area contributed by atoms with Gasteiger partial charge in [-0.2, -0.15) is 0 Å². The fourth-order valence-electron chi connectivity index (χ4n) is 2.73. The van der Waals surface area contributed by atoms with Crippen LogP contribution >= 0.6 is 0 Å². The fourth-order valence-corrected chi connectivity index (χ4v) is 2.73. The molecule has 0 bridgehead atoms. The lowest BCUT2D eigenvalue weighted by Crippen LogP contribution is -2.60. The second-order valence-corrected chi connectivity index (χ2v) is 6.16. The Morgan fingerprint density at radius 1 is 1.08 bits per heavy atom. The van der Waals surface area contributed by atoms with Gasteiger partial charge in [0.25, 0.3) is 0 Å². The lowest BCUT2D eigenvalue weighted by atomic mass is 9.45. The molecule has 0 aromatic rings. The first-order chi connectivity index (χ1) is 5.37. The van der Waals surface area contributed by atoms with E-state index >= 15 is 0 Å². The van der Waals surface area contributed by atoms with Crippen molar-refractivity contribution in [3.8, 4) is 0 Å². The topological polar surface area (TPSA) is 9.23 Å². The Kier molecular flexibility index (Phi) is 1.47. The van der Waals surface area contributed by atoms with Crippen molar-refractivity contribution in [1.29, 1.82) is 0 Å². The molecule has 0 N–H and O–H groups in total. The highest BCUT2D eigenvalue weighted by atomic mass is 16.5. The van der Waals surface area contributed by atoms with Gasteiger partial charge in [-0.15, -0.1) is 0 Å². The number of hydrogen-bond donors (Lipinski definition) is 0. The van der Waals surface area contributed by atoms with Gasteiger partial charge in [0.05, 0.1) is 13.2 Å². The van der Waals surface area contributed by atoms with Crippen molar-refractivity contribution in [2.45, 2.75) is 40.5 Å². The van der Waals surface area contributed by atoms with Gasteiger partial charge < -0.3 is 4.74 Å². The van der Waals surface area contributed by atoms with Gasteiger partial charge in [0.15, 0.2) is 0 Å². The van der Waals surface area contributed by atoms with E-state index in [1.165, 1.54) is 12.8 Å². The van der Waals surface area contributed by atoms with E-state index < -0.39 is 0 Å². The zero-order valence-electron chi connectivity index (χ0n) is 8.74. The van der Waals surface area contributed by atoms with Gasteiger partial charge in [-0.3, -0.25) is 0 Å². The van der Waals surface area contributed by atoms with Gasteiger partial charge >= 0.3 is 0 Å². The predicted octanol–water partition coefficient (Wildman–Crippen LogP) is 2.85. The van der Waals surface area contributed by atoms with Crippen molar-refractivity contribution in [3.05, 3.63) is 0 Å². The SMILES string of the molecule is CC(C)(C)C1(C)CC2(COC2)C1. The molecule has 0 atom stereocenters. The fraction of sp³-hybridized carbons (Fsp3) is 1.00. The van der Waals surface area contributed by atoms with Gasteiger partial charge in [-0.05, 0) is 23.7 Å². The Morgan fingerprint density at radius 2 is 1.58 bits per heavy atom. The van der Waals surface area contributed by atoms with E-state index in [0.717, 1.165) is 13.2 Å². The molecule has 2 rings (SSSR count). The largest absolute Gasteiger partial charge is 0.380 e. The third-order valence-corrected chi connectivity index (χ3v) is 4.16. The van der Waals surface area contributed by atoms with Gasteiger partial charge in [-0.25, -0.2) is 0 Å². The summed E-state index contributed by atoms with van der Waals surface area (Å²) in [7, 11) is 0. The smallest absolute Gasteiger partial charge is 0.0545 e. The van der Waals surface area contributed by atoms with Crippen molar-refractivity contribution in [3.63, 3.8) is 0 Å². The minimum atomic E-state index is 0.466. The van der Waals surface area contributed by atoms with Crippen molar-refractivity contribution < 1.29 is 4.74 Å². The molecule has 0 aromatic heterocycles. The second-order valence-electron chi connectivity index (χ2n) is 6.16. The van der Waals surface area contributed by atoms with Crippen molar-refractivity contribution in [2.75, 3.05) is 13.2 Å². The van der Waals surface area contributed by atoms with Crippen LogP contribution in [0.5, 0.6) is 0 Å². The first-order valence-corrected chi connectivity index (χ1v) is 4.95. The Bertz CT molecular complexity index is 188. The third-order valence-electron chi connectivity index (χ3n) is 4.16. The first-order valence-electron chi connectivity index (χ1n) is 4.95. The summed E-state index contributed by atoms with van der Waals surface area (Å²) < 4.78 is 5.29. The molecule has 2 fully saturated rings. The van der Waals surface area contributed by atoms with Gasteiger partial charge in [-0.1, -0.05) is 27.7 Å².